The minimum absolute atomic E-state index is 0.0782. The van der Waals surface area contributed by atoms with Gasteiger partial charge < -0.3 is 5.32 Å². The Morgan fingerprint density at radius 2 is 2.16 bits per heavy atom. The Hall–Kier alpha value is -2.82. The summed E-state index contributed by atoms with van der Waals surface area (Å²) in [7, 11) is 0. The van der Waals surface area contributed by atoms with Crippen LogP contribution < -0.4 is 10.9 Å². The van der Waals surface area contributed by atoms with Gasteiger partial charge in [0.2, 0.25) is 4.96 Å². The molecule has 7 nitrogen and oxygen atoms in total. The van der Waals surface area contributed by atoms with Crippen LogP contribution in [0.1, 0.15) is 24.0 Å². The van der Waals surface area contributed by atoms with Crippen molar-refractivity contribution in [3.63, 3.8) is 0 Å². The molecule has 0 bridgehead atoms. The van der Waals surface area contributed by atoms with Gasteiger partial charge in [0.1, 0.15) is 5.01 Å². The Bertz CT molecular complexity index is 1430. The summed E-state index contributed by atoms with van der Waals surface area (Å²) in [6.07, 6.45) is 7.13. The number of aryl methyl sites for hydroxylation is 1. The van der Waals surface area contributed by atoms with Gasteiger partial charge >= 0.3 is 0 Å². The van der Waals surface area contributed by atoms with Gasteiger partial charge in [-0.2, -0.15) is 9.61 Å². The number of benzene rings is 1. The first-order valence-electron chi connectivity index (χ1n) is 9.68. The molecule has 10 heteroatoms. The lowest BCUT2D eigenvalue weighted by Crippen LogP contribution is -2.15. The zero-order valence-corrected chi connectivity index (χ0v) is 18.9. The van der Waals surface area contributed by atoms with Gasteiger partial charge in [0.25, 0.3) is 11.5 Å². The number of nitrogens with one attached hydrogen (secondary N) is 1. The molecule has 156 valence electrons. The fraction of sp³-hybridized carbons (Fsp3) is 0.190. The van der Waals surface area contributed by atoms with Crippen molar-refractivity contribution in [1.82, 2.24) is 19.6 Å². The predicted molar refractivity (Wildman–Crippen MR) is 126 cm³/mol. The number of rotatable bonds is 6. The molecule has 0 radical (unpaired) electrons. The van der Waals surface area contributed by atoms with Gasteiger partial charge in [0, 0.05) is 23.1 Å². The maximum atomic E-state index is 12.3. The molecule has 0 atom stereocenters. The highest BCUT2D eigenvalue weighted by atomic mass is 32.2. The second-order valence-electron chi connectivity index (χ2n) is 6.86. The van der Waals surface area contributed by atoms with Crippen LogP contribution in [-0.2, 0) is 17.0 Å². The van der Waals surface area contributed by atoms with Crippen molar-refractivity contribution in [3.8, 4) is 0 Å². The van der Waals surface area contributed by atoms with E-state index in [1.165, 1.54) is 21.9 Å². The number of amides is 1. The third-order valence-electron chi connectivity index (χ3n) is 4.68. The van der Waals surface area contributed by atoms with Gasteiger partial charge in [-0.05, 0) is 31.0 Å². The summed E-state index contributed by atoms with van der Waals surface area (Å²) in [6.45, 7) is 2.01. The molecule has 1 amide bonds. The van der Waals surface area contributed by atoms with Crippen LogP contribution in [0.2, 0.25) is 0 Å². The fourth-order valence-corrected chi connectivity index (χ4v) is 5.98. The number of carbonyl (C=O) groups excluding carboxylic acids is 1. The highest BCUT2D eigenvalue weighted by molar-refractivity contribution is 8.00. The Labute approximate surface area is 189 Å². The SMILES string of the molecule is CCc1nn2c(=O)cc(CSc3nc4ccc(NC(=O)C5=CC=CC5)cc4s3)nc2s1. The number of carbonyl (C=O) groups is 1. The molecule has 0 unspecified atom stereocenters. The van der Waals surface area contributed by atoms with Crippen LogP contribution >= 0.6 is 34.4 Å². The summed E-state index contributed by atoms with van der Waals surface area (Å²) in [6, 6.07) is 7.25. The maximum absolute atomic E-state index is 12.3. The van der Waals surface area contributed by atoms with Gasteiger partial charge in [0.15, 0.2) is 4.34 Å². The van der Waals surface area contributed by atoms with Crippen LogP contribution in [0.3, 0.4) is 0 Å². The van der Waals surface area contributed by atoms with Gasteiger partial charge in [-0.25, -0.2) is 9.97 Å². The van der Waals surface area contributed by atoms with E-state index >= 15 is 0 Å². The third kappa shape index (κ3) is 4.18. The minimum Gasteiger partial charge on any atom is -0.322 e. The highest BCUT2D eigenvalue weighted by Crippen LogP contribution is 2.33. The smallest absolute Gasteiger partial charge is 0.275 e. The normalized spacial score (nSPS) is 13.3. The Morgan fingerprint density at radius 1 is 1.26 bits per heavy atom. The molecular formula is C21H17N5O2S3. The molecule has 0 saturated carbocycles. The van der Waals surface area contributed by atoms with Crippen LogP contribution in [0.25, 0.3) is 15.2 Å². The van der Waals surface area contributed by atoms with Crippen molar-refractivity contribution in [1.29, 1.82) is 0 Å². The second kappa shape index (κ2) is 8.37. The van der Waals surface area contributed by atoms with Crippen molar-refractivity contribution in [2.24, 2.45) is 0 Å². The van der Waals surface area contributed by atoms with E-state index in [1.54, 1.807) is 23.1 Å². The Morgan fingerprint density at radius 3 is 2.97 bits per heavy atom. The molecule has 1 aliphatic rings. The highest BCUT2D eigenvalue weighted by Gasteiger charge is 2.13. The predicted octanol–water partition coefficient (Wildman–Crippen LogP) is 4.44. The number of thioether (sulfide) groups is 1. The molecule has 5 rings (SSSR count). The quantitative estimate of drug-likeness (QED) is 0.422. The first kappa shape index (κ1) is 20.1. The first-order valence-corrected chi connectivity index (χ1v) is 12.3. The van der Waals surface area contributed by atoms with Crippen molar-refractivity contribution in [2.45, 2.75) is 29.9 Å². The summed E-state index contributed by atoms with van der Waals surface area (Å²) in [4.78, 5) is 34.4. The molecule has 0 aliphatic heterocycles. The fourth-order valence-electron chi connectivity index (χ4n) is 3.12. The number of nitrogens with zero attached hydrogens (tertiary/aromatic N) is 4. The zero-order valence-electron chi connectivity index (χ0n) is 16.5. The van der Waals surface area contributed by atoms with Crippen molar-refractivity contribution in [3.05, 3.63) is 69.1 Å². The number of aromatic nitrogens is 4. The van der Waals surface area contributed by atoms with E-state index < -0.39 is 0 Å². The molecule has 1 aliphatic carbocycles. The van der Waals surface area contributed by atoms with Crippen molar-refractivity contribution >= 4 is 61.2 Å². The lowest BCUT2D eigenvalue weighted by molar-refractivity contribution is -0.112. The molecule has 1 N–H and O–H groups in total. The summed E-state index contributed by atoms with van der Waals surface area (Å²) < 4.78 is 3.25. The lowest BCUT2D eigenvalue weighted by atomic mass is 10.2. The number of fused-ring (bicyclic) bond motifs is 2. The maximum Gasteiger partial charge on any atom is 0.275 e. The monoisotopic (exact) mass is 467 g/mol. The summed E-state index contributed by atoms with van der Waals surface area (Å²) in [5.41, 5.74) is 2.95. The molecule has 0 fully saturated rings. The Kier molecular flexibility index (Phi) is 5.43. The first-order chi connectivity index (χ1) is 15.1. The average molecular weight is 468 g/mol. The van der Waals surface area contributed by atoms with Crippen LogP contribution in [0.15, 0.2) is 57.2 Å². The second-order valence-corrected chi connectivity index (χ2v) is 10.2. The third-order valence-corrected chi connectivity index (χ3v) is 7.92. The van der Waals surface area contributed by atoms with Gasteiger partial charge in [-0.3, -0.25) is 9.59 Å². The number of hydrogen-bond acceptors (Lipinski definition) is 8. The van der Waals surface area contributed by atoms with E-state index in [2.05, 4.69) is 20.4 Å². The van der Waals surface area contributed by atoms with E-state index in [9.17, 15) is 9.59 Å². The van der Waals surface area contributed by atoms with E-state index in [1.807, 2.05) is 43.4 Å². The molecule has 0 saturated heterocycles. The molecule has 4 aromatic rings. The molecule has 1 aromatic carbocycles. The lowest BCUT2D eigenvalue weighted by Gasteiger charge is -2.05. The van der Waals surface area contributed by atoms with Gasteiger partial charge in [-0.15, -0.1) is 11.3 Å². The average Bonchev–Trinajstić information content (AvgIpc) is 3.50. The van der Waals surface area contributed by atoms with E-state index in [-0.39, 0.29) is 11.5 Å². The standard InChI is InChI=1S/C21H17N5O2S3/c1-2-17-25-26-18(27)10-14(23-20(26)31-17)11-29-21-24-15-8-7-13(9-16(15)30-21)22-19(28)12-5-3-4-6-12/h3-5,7-10H,2,6,11H2,1H3,(H,22,28). The molecule has 0 spiro atoms. The van der Waals surface area contributed by atoms with E-state index in [0.29, 0.717) is 22.8 Å². The molecular weight excluding hydrogens is 450 g/mol. The van der Waals surface area contributed by atoms with Crippen LogP contribution in [-0.4, -0.2) is 25.5 Å². The number of allylic oxidation sites excluding steroid dienone is 3. The largest absolute Gasteiger partial charge is 0.322 e. The topological polar surface area (TPSA) is 89.3 Å². The summed E-state index contributed by atoms with van der Waals surface area (Å²) in [5.74, 6) is 0.473. The zero-order chi connectivity index (χ0) is 21.4. The van der Waals surface area contributed by atoms with E-state index in [0.717, 1.165) is 37.2 Å². The number of thiazole rings is 1. The number of anilines is 1. The Balaban J connectivity index is 1.31. The van der Waals surface area contributed by atoms with Crippen molar-refractivity contribution in [2.75, 3.05) is 5.32 Å². The summed E-state index contributed by atoms with van der Waals surface area (Å²) >= 11 is 4.55. The minimum atomic E-state index is -0.159. The summed E-state index contributed by atoms with van der Waals surface area (Å²) in [5, 5.41) is 8.12. The van der Waals surface area contributed by atoms with Gasteiger partial charge in [-0.1, -0.05) is 48.3 Å². The molecule has 3 heterocycles. The van der Waals surface area contributed by atoms with Crippen LogP contribution in [0.5, 0.6) is 0 Å². The van der Waals surface area contributed by atoms with Crippen molar-refractivity contribution < 1.29 is 4.79 Å². The molecule has 31 heavy (non-hydrogen) atoms. The van der Waals surface area contributed by atoms with Gasteiger partial charge in [0.05, 0.1) is 15.9 Å². The number of hydrogen-bond donors (Lipinski definition) is 1. The molecule has 3 aromatic heterocycles. The van der Waals surface area contributed by atoms with E-state index in [4.69, 9.17) is 0 Å². The van der Waals surface area contributed by atoms with Crippen LogP contribution in [0.4, 0.5) is 5.69 Å². The van der Waals surface area contributed by atoms with Crippen LogP contribution in [0, 0.1) is 0 Å².